The van der Waals surface area contributed by atoms with Crippen LogP contribution in [0.4, 0.5) is 5.00 Å². The molecule has 12 heteroatoms. The highest BCUT2D eigenvalue weighted by molar-refractivity contribution is 7.89. The average molecular weight is 496 g/mol. The number of hydrogen-bond acceptors (Lipinski definition) is 9. The van der Waals surface area contributed by atoms with Gasteiger partial charge in [-0.3, -0.25) is 9.69 Å². The number of benzene rings is 1. The first-order valence-electron chi connectivity index (χ1n) is 10.1. The van der Waals surface area contributed by atoms with E-state index in [1.807, 2.05) is 4.90 Å². The van der Waals surface area contributed by atoms with Gasteiger partial charge in [0.15, 0.2) is 0 Å². The van der Waals surface area contributed by atoms with Crippen molar-refractivity contribution in [1.82, 2.24) is 9.21 Å². The molecule has 0 unspecified atom stereocenters. The third-order valence-electron chi connectivity index (χ3n) is 5.24. The summed E-state index contributed by atoms with van der Waals surface area (Å²) in [6.07, 6.45) is 0. The number of nitrogens with one attached hydrogen (secondary N) is 1. The molecule has 1 aliphatic rings. The van der Waals surface area contributed by atoms with Gasteiger partial charge < -0.3 is 14.8 Å². The molecule has 2 heterocycles. The number of piperazine rings is 1. The molecule has 178 valence electrons. The Balaban J connectivity index is 1.64. The maximum atomic E-state index is 12.7. The van der Waals surface area contributed by atoms with Gasteiger partial charge in [0.1, 0.15) is 9.88 Å². The molecule has 1 N–H and O–H groups in total. The number of anilines is 1. The van der Waals surface area contributed by atoms with Crippen LogP contribution in [-0.4, -0.2) is 82.4 Å². The van der Waals surface area contributed by atoms with Crippen molar-refractivity contribution in [2.45, 2.75) is 11.8 Å². The summed E-state index contributed by atoms with van der Waals surface area (Å²) in [6.45, 7) is 2.84. The summed E-state index contributed by atoms with van der Waals surface area (Å²) in [5.74, 6) is -1.68. The summed E-state index contributed by atoms with van der Waals surface area (Å²) >= 11 is 0.941. The van der Waals surface area contributed by atoms with Gasteiger partial charge in [-0.2, -0.15) is 4.31 Å². The number of carbonyl (C=O) groups excluding carboxylic acids is 3. The summed E-state index contributed by atoms with van der Waals surface area (Å²) < 4.78 is 36.4. The van der Waals surface area contributed by atoms with Crippen molar-refractivity contribution in [3.63, 3.8) is 0 Å². The maximum Gasteiger partial charge on any atom is 0.348 e. The fourth-order valence-electron chi connectivity index (χ4n) is 3.48. The highest BCUT2D eigenvalue weighted by atomic mass is 32.2. The minimum absolute atomic E-state index is 0.00431. The van der Waals surface area contributed by atoms with E-state index in [9.17, 15) is 22.8 Å². The first kappa shape index (κ1) is 24.8. The Morgan fingerprint density at radius 1 is 1.00 bits per heavy atom. The zero-order valence-corrected chi connectivity index (χ0v) is 20.1. The molecule has 1 fully saturated rings. The van der Waals surface area contributed by atoms with Crippen LogP contribution < -0.4 is 5.32 Å². The standard InChI is InChI=1S/C21H25N3O7S2/c1-14-17(20(26)30-2)19(32-18(14)21(27)31-3)22-16(25)13-23-9-11-24(12-10-23)33(28,29)15-7-5-4-6-8-15/h4-8H,9-13H2,1-3H3,(H,22,25). The second kappa shape index (κ2) is 10.4. The van der Waals surface area contributed by atoms with Crippen LogP contribution in [0.2, 0.25) is 0 Å². The van der Waals surface area contributed by atoms with Crippen molar-refractivity contribution >= 4 is 44.2 Å². The van der Waals surface area contributed by atoms with Gasteiger partial charge >= 0.3 is 11.9 Å². The zero-order valence-electron chi connectivity index (χ0n) is 18.5. The second-order valence-corrected chi connectivity index (χ2v) is 10.2. The van der Waals surface area contributed by atoms with E-state index in [1.165, 1.54) is 18.5 Å². The summed E-state index contributed by atoms with van der Waals surface area (Å²) in [5.41, 5.74) is 0.476. The molecule has 0 bridgehead atoms. The fraction of sp³-hybridized carbons (Fsp3) is 0.381. The molecule has 1 aromatic heterocycles. The van der Waals surface area contributed by atoms with E-state index in [4.69, 9.17) is 9.47 Å². The van der Waals surface area contributed by atoms with E-state index < -0.39 is 27.9 Å². The largest absolute Gasteiger partial charge is 0.465 e. The molecule has 1 aliphatic heterocycles. The minimum atomic E-state index is -3.58. The number of rotatable bonds is 7. The molecule has 0 radical (unpaired) electrons. The van der Waals surface area contributed by atoms with E-state index in [1.54, 1.807) is 37.3 Å². The van der Waals surface area contributed by atoms with Gasteiger partial charge in [-0.15, -0.1) is 11.3 Å². The number of ether oxygens (including phenoxy) is 2. The van der Waals surface area contributed by atoms with Crippen LogP contribution in [0.5, 0.6) is 0 Å². The third kappa shape index (κ3) is 5.41. The van der Waals surface area contributed by atoms with Crippen LogP contribution in [0.1, 0.15) is 25.6 Å². The van der Waals surface area contributed by atoms with E-state index in [0.717, 1.165) is 11.3 Å². The Labute approximate surface area is 196 Å². The molecule has 0 saturated carbocycles. The molecule has 10 nitrogen and oxygen atoms in total. The van der Waals surface area contributed by atoms with Crippen LogP contribution in [0, 0.1) is 6.92 Å². The molecule has 1 saturated heterocycles. The number of nitrogens with zero attached hydrogens (tertiary/aromatic N) is 2. The highest BCUT2D eigenvalue weighted by Crippen LogP contribution is 2.34. The van der Waals surface area contributed by atoms with Gasteiger partial charge in [-0.1, -0.05) is 18.2 Å². The Hall–Kier alpha value is -2.80. The van der Waals surface area contributed by atoms with Crippen molar-refractivity contribution in [2.75, 3.05) is 52.3 Å². The monoisotopic (exact) mass is 495 g/mol. The Bertz CT molecular complexity index is 1140. The van der Waals surface area contributed by atoms with Crippen LogP contribution in [-0.2, 0) is 24.3 Å². The number of methoxy groups -OCH3 is 2. The normalized spacial score (nSPS) is 15.1. The topological polar surface area (TPSA) is 122 Å². The first-order valence-corrected chi connectivity index (χ1v) is 12.3. The number of esters is 2. The molecule has 0 spiro atoms. The van der Waals surface area contributed by atoms with Crippen LogP contribution in [0.15, 0.2) is 35.2 Å². The minimum Gasteiger partial charge on any atom is -0.465 e. The van der Waals surface area contributed by atoms with Crippen molar-refractivity contribution in [3.05, 3.63) is 46.3 Å². The maximum absolute atomic E-state index is 12.7. The Morgan fingerprint density at radius 3 is 2.18 bits per heavy atom. The summed E-state index contributed by atoms with van der Waals surface area (Å²) in [6, 6.07) is 8.21. The van der Waals surface area contributed by atoms with E-state index in [2.05, 4.69) is 5.32 Å². The second-order valence-electron chi connectivity index (χ2n) is 7.28. The molecule has 33 heavy (non-hydrogen) atoms. The number of amides is 1. The van der Waals surface area contributed by atoms with Crippen molar-refractivity contribution < 1.29 is 32.3 Å². The highest BCUT2D eigenvalue weighted by Gasteiger charge is 2.30. The van der Waals surface area contributed by atoms with Gasteiger partial charge in [0, 0.05) is 26.2 Å². The van der Waals surface area contributed by atoms with Gasteiger partial charge in [0.05, 0.1) is 31.2 Å². The first-order chi connectivity index (χ1) is 15.7. The fourth-order valence-corrected chi connectivity index (χ4v) is 6.05. The van der Waals surface area contributed by atoms with Crippen molar-refractivity contribution in [2.24, 2.45) is 0 Å². The predicted molar refractivity (Wildman–Crippen MR) is 122 cm³/mol. The Morgan fingerprint density at radius 2 is 1.61 bits per heavy atom. The molecule has 3 rings (SSSR count). The van der Waals surface area contributed by atoms with Gasteiger partial charge in [-0.05, 0) is 24.6 Å². The molecular weight excluding hydrogens is 470 g/mol. The van der Waals surface area contributed by atoms with Crippen molar-refractivity contribution in [1.29, 1.82) is 0 Å². The van der Waals surface area contributed by atoms with E-state index in [0.29, 0.717) is 18.7 Å². The smallest absolute Gasteiger partial charge is 0.348 e. The van der Waals surface area contributed by atoms with Gasteiger partial charge in [-0.25, -0.2) is 18.0 Å². The number of thiophene rings is 1. The lowest BCUT2D eigenvalue weighted by atomic mass is 10.1. The lowest BCUT2D eigenvalue weighted by Crippen LogP contribution is -2.50. The molecule has 2 aromatic rings. The van der Waals surface area contributed by atoms with Crippen LogP contribution in [0.25, 0.3) is 0 Å². The molecule has 1 aromatic carbocycles. The lowest BCUT2D eigenvalue weighted by molar-refractivity contribution is -0.117. The Kier molecular flexibility index (Phi) is 7.84. The van der Waals surface area contributed by atoms with Gasteiger partial charge in [0.25, 0.3) is 0 Å². The number of carbonyl (C=O) groups is 3. The predicted octanol–water partition coefficient (Wildman–Crippen LogP) is 1.57. The molecular formula is C21H25N3O7S2. The SMILES string of the molecule is COC(=O)c1sc(NC(=O)CN2CCN(S(=O)(=O)c3ccccc3)CC2)c(C(=O)OC)c1C. The van der Waals surface area contributed by atoms with Crippen LogP contribution >= 0.6 is 11.3 Å². The third-order valence-corrected chi connectivity index (χ3v) is 8.34. The molecule has 0 atom stereocenters. The lowest BCUT2D eigenvalue weighted by Gasteiger charge is -2.33. The quantitative estimate of drug-likeness (QED) is 0.575. The van der Waals surface area contributed by atoms with Gasteiger partial charge in [0.2, 0.25) is 15.9 Å². The molecule has 1 amide bonds. The summed E-state index contributed by atoms with van der Waals surface area (Å²) in [4.78, 5) is 39.1. The molecule has 0 aliphatic carbocycles. The van der Waals surface area contributed by atoms with E-state index in [-0.39, 0.29) is 40.0 Å². The zero-order chi connectivity index (χ0) is 24.2. The summed E-state index contributed by atoms with van der Waals surface area (Å²) in [5, 5.41) is 2.88. The number of sulfonamides is 1. The summed E-state index contributed by atoms with van der Waals surface area (Å²) in [7, 11) is -1.14. The van der Waals surface area contributed by atoms with Crippen LogP contribution in [0.3, 0.4) is 0 Å². The number of hydrogen-bond donors (Lipinski definition) is 1. The average Bonchev–Trinajstić information content (AvgIpc) is 3.14. The van der Waals surface area contributed by atoms with Crippen molar-refractivity contribution in [3.8, 4) is 0 Å². The van der Waals surface area contributed by atoms with E-state index >= 15 is 0 Å².